The lowest BCUT2D eigenvalue weighted by Crippen LogP contribution is -2.65. The minimum Gasteiger partial charge on any atom is -0.394 e. The molecule has 0 bridgehead atoms. The number of amides is 2. The van der Waals surface area contributed by atoms with Gasteiger partial charge in [-0.3, -0.25) is 4.90 Å². The van der Waals surface area contributed by atoms with E-state index in [1.54, 1.807) is 0 Å². The van der Waals surface area contributed by atoms with Crippen LogP contribution >= 0.6 is 0 Å². The Balaban J connectivity index is 2.44. The summed E-state index contributed by atoms with van der Waals surface area (Å²) in [5.41, 5.74) is 0. The maximum Gasteiger partial charge on any atom is 0.319 e. The zero-order valence-corrected chi connectivity index (χ0v) is 25.2. The molecule has 0 aliphatic carbocycles. The van der Waals surface area contributed by atoms with Crippen LogP contribution in [-0.4, -0.2) is 81.7 Å². The Bertz CT molecular complexity index is 579. The van der Waals surface area contributed by atoms with E-state index in [9.17, 15) is 25.2 Å². The van der Waals surface area contributed by atoms with Gasteiger partial charge in [-0.05, 0) is 12.8 Å². The summed E-state index contributed by atoms with van der Waals surface area (Å²) in [5, 5.41) is 43.6. The van der Waals surface area contributed by atoms with Crippen LogP contribution in [0.4, 0.5) is 4.79 Å². The number of ether oxygens (including phenoxy) is 1. The van der Waals surface area contributed by atoms with Crippen LogP contribution < -0.4 is 5.32 Å². The lowest BCUT2D eigenvalue weighted by molar-refractivity contribution is -0.257. The highest BCUT2D eigenvalue weighted by atomic mass is 16.6. The first-order chi connectivity index (χ1) is 19.0. The third-order valence-electron chi connectivity index (χ3n) is 7.99. The van der Waals surface area contributed by atoms with Crippen LogP contribution in [0.25, 0.3) is 0 Å². The van der Waals surface area contributed by atoms with Crippen molar-refractivity contribution in [2.75, 3.05) is 19.7 Å². The highest BCUT2D eigenvalue weighted by Gasteiger charge is 2.46. The number of carbonyl (C=O) groups excluding carboxylic acids is 1. The monoisotopic (exact) mass is 558 g/mol. The number of aliphatic hydroxyl groups excluding tert-OH is 4. The molecule has 0 aromatic heterocycles. The van der Waals surface area contributed by atoms with Crippen LogP contribution in [0.2, 0.25) is 0 Å². The van der Waals surface area contributed by atoms with Gasteiger partial charge in [0.05, 0.1) is 6.61 Å². The summed E-state index contributed by atoms with van der Waals surface area (Å²) in [6.45, 7) is 4.88. The van der Waals surface area contributed by atoms with Crippen molar-refractivity contribution in [1.29, 1.82) is 0 Å². The first kappa shape index (κ1) is 36.1. The third-order valence-corrected chi connectivity index (χ3v) is 7.99. The number of urea groups is 1. The smallest absolute Gasteiger partial charge is 0.319 e. The van der Waals surface area contributed by atoms with Gasteiger partial charge in [0.1, 0.15) is 24.4 Å². The van der Waals surface area contributed by atoms with E-state index in [2.05, 4.69) is 19.2 Å². The zero-order valence-electron chi connectivity index (χ0n) is 25.2. The van der Waals surface area contributed by atoms with Gasteiger partial charge in [0, 0.05) is 13.1 Å². The number of unbranched alkanes of at least 4 members (excludes halogenated alkanes) is 18. The summed E-state index contributed by atoms with van der Waals surface area (Å²) in [6, 6.07) is -0.342. The van der Waals surface area contributed by atoms with Crippen molar-refractivity contribution >= 4 is 6.03 Å². The molecule has 1 aliphatic rings. The molecule has 232 valence electrons. The van der Waals surface area contributed by atoms with E-state index in [1.165, 1.54) is 101 Å². The lowest BCUT2D eigenvalue weighted by atomic mass is 9.97. The van der Waals surface area contributed by atoms with Crippen LogP contribution in [0.1, 0.15) is 142 Å². The molecule has 1 fully saturated rings. The van der Waals surface area contributed by atoms with Crippen LogP contribution in [0.15, 0.2) is 0 Å². The molecule has 0 unspecified atom stereocenters. The molecule has 1 heterocycles. The van der Waals surface area contributed by atoms with Crippen molar-refractivity contribution in [3.8, 4) is 0 Å². The standard InChI is InChI=1S/C31H62N2O6/c1-3-5-7-9-11-13-15-17-19-21-23-32-31(38)33(24-22-20-18-16-14-12-10-8-6-4-2)30-29(37)28(36)27(35)26(25-34)39-30/h26-30,34-37H,3-25H2,1-2H3,(H,32,38)/t26-,27-,28+,29-,30-/m1/s1. The van der Waals surface area contributed by atoms with Crippen molar-refractivity contribution in [3.63, 3.8) is 0 Å². The Labute approximate surface area is 238 Å². The topological polar surface area (TPSA) is 122 Å². The number of carbonyl (C=O) groups is 1. The molecule has 5 N–H and O–H groups in total. The molecule has 8 nitrogen and oxygen atoms in total. The summed E-state index contributed by atoms with van der Waals surface area (Å²) < 4.78 is 5.72. The highest BCUT2D eigenvalue weighted by Crippen LogP contribution is 2.24. The van der Waals surface area contributed by atoms with E-state index in [0.29, 0.717) is 13.1 Å². The number of nitrogens with one attached hydrogen (secondary N) is 1. The molecule has 1 saturated heterocycles. The Morgan fingerprint density at radius 3 is 1.54 bits per heavy atom. The largest absolute Gasteiger partial charge is 0.394 e. The molecule has 0 saturated carbocycles. The fourth-order valence-corrected chi connectivity index (χ4v) is 5.36. The third kappa shape index (κ3) is 15.6. The van der Waals surface area contributed by atoms with Gasteiger partial charge in [0.25, 0.3) is 0 Å². The normalized spacial score (nSPS) is 23.2. The van der Waals surface area contributed by atoms with Gasteiger partial charge < -0.3 is 30.5 Å². The number of aliphatic hydroxyl groups is 4. The minimum atomic E-state index is -1.49. The second-order valence-electron chi connectivity index (χ2n) is 11.5. The van der Waals surface area contributed by atoms with Gasteiger partial charge >= 0.3 is 6.03 Å². The summed E-state index contributed by atoms with van der Waals surface area (Å²) in [4.78, 5) is 14.6. The van der Waals surface area contributed by atoms with Gasteiger partial charge in [-0.15, -0.1) is 0 Å². The van der Waals surface area contributed by atoms with Gasteiger partial charge in [0.2, 0.25) is 0 Å². The molecule has 1 rings (SSSR count). The van der Waals surface area contributed by atoms with Gasteiger partial charge in [-0.1, -0.05) is 129 Å². The SMILES string of the molecule is CCCCCCCCCCCCNC(=O)N(CCCCCCCCCCCC)[C@@H]1O[C@H](CO)[C@@H](O)[C@H](O)[C@H]1O. The van der Waals surface area contributed by atoms with Crippen LogP contribution in [0, 0.1) is 0 Å². The summed E-state index contributed by atoms with van der Waals surface area (Å²) in [6.07, 6.45) is 17.4. The zero-order chi connectivity index (χ0) is 28.7. The minimum absolute atomic E-state index is 0.342. The molecule has 39 heavy (non-hydrogen) atoms. The fourth-order valence-electron chi connectivity index (χ4n) is 5.36. The molecule has 0 radical (unpaired) electrons. The van der Waals surface area contributed by atoms with Crippen molar-refractivity contribution in [3.05, 3.63) is 0 Å². The molecular weight excluding hydrogens is 496 g/mol. The molecule has 2 amide bonds. The van der Waals surface area contributed by atoms with Crippen molar-refractivity contribution < 1.29 is 30.0 Å². The predicted molar refractivity (Wildman–Crippen MR) is 158 cm³/mol. The molecule has 0 spiro atoms. The van der Waals surface area contributed by atoms with Crippen LogP contribution in [-0.2, 0) is 4.74 Å². The quantitative estimate of drug-likeness (QED) is 0.0978. The molecule has 1 aliphatic heterocycles. The molecule has 0 aromatic rings. The predicted octanol–water partition coefficient (Wildman–Crippen LogP) is 5.64. The Morgan fingerprint density at radius 1 is 0.641 bits per heavy atom. The molecular formula is C31H62N2O6. The van der Waals surface area contributed by atoms with Crippen molar-refractivity contribution in [2.45, 2.75) is 173 Å². The Morgan fingerprint density at radius 2 is 1.08 bits per heavy atom. The fraction of sp³-hybridized carbons (Fsp3) is 0.968. The van der Waals surface area contributed by atoms with Crippen LogP contribution in [0.3, 0.4) is 0 Å². The maximum absolute atomic E-state index is 13.1. The maximum atomic E-state index is 13.1. The van der Waals surface area contributed by atoms with Gasteiger partial charge in [0.15, 0.2) is 6.23 Å². The average molecular weight is 559 g/mol. The average Bonchev–Trinajstić information content (AvgIpc) is 2.94. The first-order valence-corrected chi connectivity index (χ1v) is 16.3. The van der Waals surface area contributed by atoms with E-state index >= 15 is 0 Å². The first-order valence-electron chi connectivity index (χ1n) is 16.3. The Hall–Kier alpha value is -0.930. The highest BCUT2D eigenvalue weighted by molar-refractivity contribution is 5.74. The molecule has 0 aromatic carbocycles. The second-order valence-corrected chi connectivity index (χ2v) is 11.5. The van der Waals surface area contributed by atoms with E-state index in [0.717, 1.165) is 32.1 Å². The summed E-state index contributed by atoms with van der Waals surface area (Å²) >= 11 is 0. The Kier molecular flexibility index (Phi) is 22.0. The van der Waals surface area contributed by atoms with E-state index < -0.39 is 37.3 Å². The second kappa shape index (κ2) is 23.7. The van der Waals surface area contributed by atoms with Gasteiger partial charge in [-0.2, -0.15) is 0 Å². The molecule has 8 heteroatoms. The molecule has 5 atom stereocenters. The van der Waals surface area contributed by atoms with E-state index in [-0.39, 0.29) is 6.03 Å². The number of nitrogens with zero attached hydrogens (tertiary/aromatic N) is 1. The number of rotatable bonds is 24. The number of hydrogen-bond donors (Lipinski definition) is 5. The van der Waals surface area contributed by atoms with E-state index in [1.807, 2.05) is 0 Å². The summed E-state index contributed by atoms with van der Waals surface area (Å²) in [7, 11) is 0. The van der Waals surface area contributed by atoms with Crippen molar-refractivity contribution in [2.24, 2.45) is 0 Å². The summed E-state index contributed by atoms with van der Waals surface area (Å²) in [5.74, 6) is 0. The van der Waals surface area contributed by atoms with E-state index in [4.69, 9.17) is 4.74 Å². The lowest BCUT2D eigenvalue weighted by Gasteiger charge is -2.44. The van der Waals surface area contributed by atoms with Crippen molar-refractivity contribution in [1.82, 2.24) is 10.2 Å². The van der Waals surface area contributed by atoms with Gasteiger partial charge in [-0.25, -0.2) is 4.79 Å². The van der Waals surface area contributed by atoms with Crippen LogP contribution in [0.5, 0.6) is 0 Å². The number of hydrogen-bond acceptors (Lipinski definition) is 6.